The van der Waals surface area contributed by atoms with Crippen molar-refractivity contribution in [2.24, 2.45) is 0 Å². The standard InChI is InChI=1S/C17H26ClNO2/c1-3-10-19-12-15-16(18)8-5-9-17(15)21-14-7-4-6-13(11-14)20-2/h5,8-9,13-14,19H,3-4,6-7,10-12H2,1-2H3. The van der Waals surface area contributed by atoms with E-state index in [9.17, 15) is 0 Å². The van der Waals surface area contributed by atoms with Crippen LogP contribution in [0.2, 0.25) is 5.02 Å². The van der Waals surface area contributed by atoms with Crippen LogP contribution >= 0.6 is 11.6 Å². The van der Waals surface area contributed by atoms with Gasteiger partial charge in [0.25, 0.3) is 0 Å². The topological polar surface area (TPSA) is 30.5 Å². The van der Waals surface area contributed by atoms with E-state index >= 15 is 0 Å². The molecule has 2 rings (SSSR count). The molecule has 1 fully saturated rings. The van der Waals surface area contributed by atoms with E-state index in [2.05, 4.69) is 12.2 Å². The number of nitrogens with one attached hydrogen (secondary N) is 1. The van der Waals surface area contributed by atoms with Crippen molar-refractivity contribution in [2.75, 3.05) is 13.7 Å². The molecule has 0 radical (unpaired) electrons. The van der Waals surface area contributed by atoms with E-state index < -0.39 is 0 Å². The third-order valence-corrected chi connectivity index (χ3v) is 4.36. The zero-order valence-electron chi connectivity index (χ0n) is 13.0. The Balaban J connectivity index is 2.02. The first kappa shape index (κ1) is 16.6. The van der Waals surface area contributed by atoms with Crippen molar-refractivity contribution < 1.29 is 9.47 Å². The van der Waals surface area contributed by atoms with Gasteiger partial charge < -0.3 is 14.8 Å². The van der Waals surface area contributed by atoms with Crippen LogP contribution in [0.15, 0.2) is 18.2 Å². The number of methoxy groups -OCH3 is 1. The van der Waals surface area contributed by atoms with Crippen LogP contribution in [0.1, 0.15) is 44.6 Å². The van der Waals surface area contributed by atoms with Gasteiger partial charge in [-0.3, -0.25) is 0 Å². The van der Waals surface area contributed by atoms with Gasteiger partial charge >= 0.3 is 0 Å². The predicted molar refractivity (Wildman–Crippen MR) is 87.1 cm³/mol. The molecule has 1 N–H and O–H groups in total. The Morgan fingerprint density at radius 1 is 1.29 bits per heavy atom. The molecule has 2 unspecified atom stereocenters. The normalized spacial score (nSPS) is 22.2. The summed E-state index contributed by atoms with van der Waals surface area (Å²) < 4.78 is 11.7. The number of ether oxygens (including phenoxy) is 2. The van der Waals surface area contributed by atoms with Gasteiger partial charge in [-0.1, -0.05) is 24.6 Å². The molecule has 21 heavy (non-hydrogen) atoms. The van der Waals surface area contributed by atoms with E-state index in [1.807, 2.05) is 18.2 Å². The van der Waals surface area contributed by atoms with Crippen LogP contribution in [0, 0.1) is 0 Å². The highest BCUT2D eigenvalue weighted by molar-refractivity contribution is 6.31. The molecule has 0 aromatic heterocycles. The average Bonchev–Trinajstić information content (AvgIpc) is 2.50. The van der Waals surface area contributed by atoms with Gasteiger partial charge in [-0.2, -0.15) is 0 Å². The number of hydrogen-bond acceptors (Lipinski definition) is 3. The van der Waals surface area contributed by atoms with Gasteiger partial charge in [0.05, 0.1) is 6.10 Å². The van der Waals surface area contributed by atoms with Crippen LogP contribution in [-0.2, 0) is 11.3 Å². The van der Waals surface area contributed by atoms with E-state index in [4.69, 9.17) is 21.1 Å². The van der Waals surface area contributed by atoms with Crippen LogP contribution in [0.4, 0.5) is 0 Å². The van der Waals surface area contributed by atoms with Gasteiger partial charge in [-0.25, -0.2) is 0 Å². The first-order valence-electron chi connectivity index (χ1n) is 7.92. The Morgan fingerprint density at radius 2 is 2.10 bits per heavy atom. The maximum Gasteiger partial charge on any atom is 0.125 e. The van der Waals surface area contributed by atoms with E-state index in [1.54, 1.807) is 7.11 Å². The van der Waals surface area contributed by atoms with Crippen LogP contribution in [0.3, 0.4) is 0 Å². The molecule has 0 bridgehead atoms. The quantitative estimate of drug-likeness (QED) is 0.766. The van der Waals surface area contributed by atoms with Crippen LogP contribution < -0.4 is 10.1 Å². The molecule has 3 nitrogen and oxygen atoms in total. The maximum absolute atomic E-state index is 6.34. The lowest BCUT2D eigenvalue weighted by atomic mass is 9.95. The minimum absolute atomic E-state index is 0.229. The summed E-state index contributed by atoms with van der Waals surface area (Å²) in [6, 6.07) is 5.90. The Morgan fingerprint density at radius 3 is 2.86 bits per heavy atom. The summed E-state index contributed by atoms with van der Waals surface area (Å²) in [5.41, 5.74) is 1.06. The van der Waals surface area contributed by atoms with Gasteiger partial charge in [0.15, 0.2) is 0 Å². The summed E-state index contributed by atoms with van der Waals surface area (Å²) in [5.74, 6) is 0.910. The van der Waals surface area contributed by atoms with E-state index in [1.165, 1.54) is 0 Å². The average molecular weight is 312 g/mol. The second-order valence-electron chi connectivity index (χ2n) is 5.66. The highest BCUT2D eigenvalue weighted by Crippen LogP contribution is 2.30. The molecule has 1 aliphatic rings. The molecule has 0 heterocycles. The van der Waals surface area contributed by atoms with Crippen molar-refractivity contribution >= 4 is 11.6 Å². The molecule has 0 saturated heterocycles. The first-order chi connectivity index (χ1) is 10.2. The summed E-state index contributed by atoms with van der Waals surface area (Å²) in [6.45, 7) is 3.90. The van der Waals surface area contributed by atoms with Gasteiger partial charge in [0, 0.05) is 30.7 Å². The predicted octanol–water partition coefficient (Wildman–Crippen LogP) is 4.18. The van der Waals surface area contributed by atoms with E-state index in [0.717, 1.165) is 61.5 Å². The highest BCUT2D eigenvalue weighted by Gasteiger charge is 2.24. The summed E-state index contributed by atoms with van der Waals surface area (Å²) >= 11 is 6.34. The monoisotopic (exact) mass is 311 g/mol. The summed E-state index contributed by atoms with van der Waals surface area (Å²) in [6.07, 6.45) is 6.01. The van der Waals surface area contributed by atoms with Crippen LogP contribution in [0.5, 0.6) is 5.75 Å². The van der Waals surface area contributed by atoms with Crippen molar-refractivity contribution in [1.29, 1.82) is 0 Å². The van der Waals surface area contributed by atoms with Crippen molar-refractivity contribution in [3.8, 4) is 5.75 Å². The molecule has 2 atom stereocenters. The molecule has 1 aliphatic carbocycles. The van der Waals surface area contributed by atoms with Crippen LogP contribution in [-0.4, -0.2) is 25.9 Å². The first-order valence-corrected chi connectivity index (χ1v) is 8.30. The smallest absolute Gasteiger partial charge is 0.125 e. The third kappa shape index (κ3) is 4.87. The van der Waals surface area contributed by atoms with Crippen molar-refractivity contribution in [3.05, 3.63) is 28.8 Å². The Hall–Kier alpha value is -0.770. The van der Waals surface area contributed by atoms with E-state index in [-0.39, 0.29) is 6.10 Å². The second-order valence-corrected chi connectivity index (χ2v) is 6.06. The van der Waals surface area contributed by atoms with Gasteiger partial charge in [-0.15, -0.1) is 0 Å². The molecular weight excluding hydrogens is 286 g/mol. The zero-order valence-corrected chi connectivity index (χ0v) is 13.8. The molecule has 0 aliphatic heterocycles. The molecule has 0 spiro atoms. The highest BCUT2D eigenvalue weighted by atomic mass is 35.5. The number of hydrogen-bond donors (Lipinski definition) is 1. The van der Waals surface area contributed by atoms with Gasteiger partial charge in [0.2, 0.25) is 0 Å². The summed E-state index contributed by atoms with van der Waals surface area (Å²) in [7, 11) is 1.78. The lowest BCUT2D eigenvalue weighted by Gasteiger charge is -2.29. The fourth-order valence-corrected chi connectivity index (χ4v) is 3.05. The minimum Gasteiger partial charge on any atom is -0.490 e. The van der Waals surface area contributed by atoms with Crippen molar-refractivity contribution in [3.63, 3.8) is 0 Å². The van der Waals surface area contributed by atoms with Gasteiger partial charge in [-0.05, 0) is 44.4 Å². The van der Waals surface area contributed by atoms with Crippen LogP contribution in [0.25, 0.3) is 0 Å². The number of rotatable bonds is 7. The maximum atomic E-state index is 6.34. The lowest BCUT2D eigenvalue weighted by molar-refractivity contribution is 0.0206. The van der Waals surface area contributed by atoms with Crippen molar-refractivity contribution in [2.45, 2.75) is 57.8 Å². The molecular formula is C17H26ClNO2. The third-order valence-electron chi connectivity index (χ3n) is 4.01. The summed E-state index contributed by atoms with van der Waals surface area (Å²) in [4.78, 5) is 0. The van der Waals surface area contributed by atoms with Crippen molar-refractivity contribution in [1.82, 2.24) is 5.32 Å². The lowest BCUT2D eigenvalue weighted by Crippen LogP contribution is -2.30. The van der Waals surface area contributed by atoms with Gasteiger partial charge in [0.1, 0.15) is 11.9 Å². The SMILES string of the molecule is CCCNCc1c(Cl)cccc1OC1CCCC(OC)C1. The Kier molecular flexibility index (Phi) is 6.81. The fourth-order valence-electron chi connectivity index (χ4n) is 2.81. The number of benzene rings is 1. The molecule has 1 aromatic rings. The van der Waals surface area contributed by atoms with E-state index in [0.29, 0.717) is 6.10 Å². The number of halogens is 1. The Labute approximate surface area is 133 Å². The zero-order chi connectivity index (χ0) is 15.1. The largest absolute Gasteiger partial charge is 0.490 e. The molecule has 0 amide bonds. The minimum atomic E-state index is 0.229. The summed E-state index contributed by atoms with van der Waals surface area (Å²) in [5, 5.41) is 4.17. The second kappa shape index (κ2) is 8.62. The molecule has 1 aromatic carbocycles. The molecule has 4 heteroatoms. The fraction of sp³-hybridized carbons (Fsp3) is 0.647. The molecule has 1 saturated carbocycles. The molecule has 118 valence electrons. The Bertz CT molecular complexity index is 439.